The highest BCUT2D eigenvalue weighted by atomic mass is 16.6. The van der Waals surface area contributed by atoms with Crippen LogP contribution in [0.15, 0.2) is 60.9 Å². The first-order valence-corrected chi connectivity index (χ1v) is 7.44. The number of hydrogen-bond acceptors (Lipinski definition) is 9. The van der Waals surface area contributed by atoms with Crippen molar-refractivity contribution in [3.8, 4) is 17.1 Å². The summed E-state index contributed by atoms with van der Waals surface area (Å²) in [5.74, 6) is -1.21. The third-order valence-electron chi connectivity index (χ3n) is 3.25. The minimum atomic E-state index is -1.21. The van der Waals surface area contributed by atoms with E-state index in [1.54, 1.807) is 12.4 Å². The van der Waals surface area contributed by atoms with Crippen molar-refractivity contribution < 1.29 is 19.9 Å². The topological polar surface area (TPSA) is 175 Å². The maximum absolute atomic E-state index is 10.4. The first-order chi connectivity index (χ1) is 13.3. The summed E-state index contributed by atoms with van der Waals surface area (Å²) in [6.45, 7) is 0. The highest BCUT2D eigenvalue weighted by Gasteiger charge is 2.30. The molecule has 0 atom stereocenters. The average Bonchev–Trinajstić information content (AvgIpc) is 2.69. The number of aromatic nitrogens is 2. The molecule has 1 N–H and O–H groups in total. The van der Waals surface area contributed by atoms with E-state index in [1.807, 2.05) is 36.4 Å². The van der Waals surface area contributed by atoms with Gasteiger partial charge in [0.2, 0.25) is 0 Å². The summed E-state index contributed by atoms with van der Waals surface area (Å²) < 4.78 is 0. The van der Waals surface area contributed by atoms with E-state index in [1.165, 1.54) is 0 Å². The van der Waals surface area contributed by atoms with Gasteiger partial charge in [-0.05, 0) is 24.3 Å². The first kappa shape index (κ1) is 19.8. The Morgan fingerprint density at radius 3 is 1.43 bits per heavy atom. The molecule has 3 aromatic rings. The molecule has 0 bridgehead atoms. The van der Waals surface area contributed by atoms with Crippen molar-refractivity contribution in [3.05, 3.63) is 91.3 Å². The van der Waals surface area contributed by atoms with Crippen molar-refractivity contribution in [2.45, 2.75) is 0 Å². The minimum absolute atomic E-state index is 0.447. The molecule has 142 valence electrons. The molecule has 0 fully saturated rings. The van der Waals surface area contributed by atoms with Gasteiger partial charge in [-0.3, -0.25) is 40.3 Å². The Balaban J connectivity index is 0.000000207. The molecule has 0 radical (unpaired) electrons. The van der Waals surface area contributed by atoms with Gasteiger partial charge in [-0.1, -0.05) is 12.1 Å². The number of non-ortho nitro benzene ring substituents is 1. The molecule has 28 heavy (non-hydrogen) atoms. The number of phenolic OH excluding ortho intramolecular Hbond substituents is 1. The highest BCUT2D eigenvalue weighted by molar-refractivity contribution is 5.64. The van der Waals surface area contributed by atoms with Gasteiger partial charge >= 0.3 is 11.4 Å². The predicted octanol–water partition coefficient (Wildman–Crippen LogP) is 3.26. The molecule has 0 saturated carbocycles. The van der Waals surface area contributed by atoms with Crippen LogP contribution in [0.2, 0.25) is 0 Å². The monoisotopic (exact) mass is 385 g/mol. The largest absolute Gasteiger partial charge is 0.497 e. The molecule has 0 aliphatic rings. The van der Waals surface area contributed by atoms with Gasteiger partial charge in [-0.25, -0.2) is 0 Å². The molecule has 1 aromatic carbocycles. The molecule has 3 rings (SSSR count). The standard InChI is InChI=1S/C10H8N2.C6H3N3O7/c1-3-7-11-9(5-1)10-6-2-4-8-12-10;10-6-4(8(13)14)1-3(7(11)12)2-5(6)9(15)16/h1-8H;1-2,10H. The Kier molecular flexibility index (Phi) is 6.20. The second-order valence-electron chi connectivity index (χ2n) is 5.03. The summed E-state index contributed by atoms with van der Waals surface area (Å²) in [5, 5.41) is 40.2. The Hall–Kier alpha value is -4.48. The van der Waals surface area contributed by atoms with E-state index in [0.29, 0.717) is 12.1 Å². The molecule has 2 aromatic heterocycles. The molecule has 12 nitrogen and oxygen atoms in total. The second-order valence-corrected chi connectivity index (χ2v) is 5.03. The van der Waals surface area contributed by atoms with Gasteiger partial charge in [0.25, 0.3) is 11.4 Å². The van der Waals surface area contributed by atoms with Crippen LogP contribution >= 0.6 is 0 Å². The zero-order valence-electron chi connectivity index (χ0n) is 13.9. The van der Waals surface area contributed by atoms with Crippen LogP contribution < -0.4 is 0 Å². The average molecular weight is 385 g/mol. The zero-order valence-corrected chi connectivity index (χ0v) is 13.9. The van der Waals surface area contributed by atoms with Gasteiger partial charge in [0.15, 0.2) is 0 Å². The van der Waals surface area contributed by atoms with Crippen LogP contribution in [0.5, 0.6) is 5.75 Å². The third kappa shape index (κ3) is 4.78. The molecule has 0 aliphatic carbocycles. The molecule has 0 saturated heterocycles. The van der Waals surface area contributed by atoms with Crippen LogP contribution in [0.3, 0.4) is 0 Å². The summed E-state index contributed by atoms with van der Waals surface area (Å²) in [5.41, 5.74) is -1.17. The normalized spacial score (nSPS) is 9.71. The lowest BCUT2D eigenvalue weighted by atomic mass is 10.2. The van der Waals surface area contributed by atoms with Crippen LogP contribution in [0.1, 0.15) is 0 Å². The van der Waals surface area contributed by atoms with Crippen molar-refractivity contribution in [1.82, 2.24) is 9.97 Å². The van der Waals surface area contributed by atoms with E-state index < -0.39 is 37.6 Å². The number of rotatable bonds is 4. The zero-order chi connectivity index (χ0) is 20.7. The van der Waals surface area contributed by atoms with Crippen molar-refractivity contribution >= 4 is 17.1 Å². The van der Waals surface area contributed by atoms with Gasteiger partial charge in [-0.15, -0.1) is 0 Å². The van der Waals surface area contributed by atoms with E-state index in [4.69, 9.17) is 5.11 Å². The van der Waals surface area contributed by atoms with Crippen molar-refractivity contribution in [2.24, 2.45) is 0 Å². The van der Waals surface area contributed by atoms with Gasteiger partial charge in [-0.2, -0.15) is 0 Å². The molecule has 0 aliphatic heterocycles. The summed E-state index contributed by atoms with van der Waals surface area (Å²) in [6, 6.07) is 12.5. The number of nitro benzene ring substituents is 3. The maximum Gasteiger partial charge on any atom is 0.324 e. The van der Waals surface area contributed by atoms with E-state index in [0.717, 1.165) is 11.4 Å². The molecular weight excluding hydrogens is 374 g/mol. The summed E-state index contributed by atoms with van der Waals surface area (Å²) in [4.78, 5) is 36.1. The van der Waals surface area contributed by atoms with Gasteiger partial charge < -0.3 is 5.11 Å². The number of pyridine rings is 2. The Morgan fingerprint density at radius 1 is 0.714 bits per heavy atom. The van der Waals surface area contributed by atoms with Crippen LogP contribution in [-0.4, -0.2) is 29.8 Å². The minimum Gasteiger partial charge on any atom is -0.497 e. The van der Waals surface area contributed by atoms with Gasteiger partial charge in [0, 0.05) is 12.4 Å². The van der Waals surface area contributed by atoms with Gasteiger partial charge in [0.05, 0.1) is 38.3 Å². The van der Waals surface area contributed by atoms with Crippen LogP contribution in [0, 0.1) is 30.3 Å². The van der Waals surface area contributed by atoms with E-state index in [2.05, 4.69) is 9.97 Å². The summed E-state index contributed by atoms with van der Waals surface area (Å²) in [6.07, 6.45) is 3.54. The number of phenols is 1. The maximum atomic E-state index is 10.4. The second kappa shape index (κ2) is 8.75. The van der Waals surface area contributed by atoms with Crippen molar-refractivity contribution in [3.63, 3.8) is 0 Å². The number of hydrogen-bond donors (Lipinski definition) is 1. The molecule has 2 heterocycles. The number of benzene rings is 1. The lowest BCUT2D eigenvalue weighted by molar-refractivity contribution is -0.404. The third-order valence-corrected chi connectivity index (χ3v) is 3.25. The van der Waals surface area contributed by atoms with Gasteiger partial charge in [0.1, 0.15) is 0 Å². The molecule has 12 heteroatoms. The predicted molar refractivity (Wildman–Crippen MR) is 95.5 cm³/mol. The van der Waals surface area contributed by atoms with Crippen LogP contribution in [-0.2, 0) is 0 Å². The lowest BCUT2D eigenvalue weighted by Crippen LogP contribution is -1.97. The fourth-order valence-electron chi connectivity index (χ4n) is 2.00. The molecule has 0 spiro atoms. The Labute approximate surface area is 156 Å². The van der Waals surface area contributed by atoms with E-state index >= 15 is 0 Å². The highest BCUT2D eigenvalue weighted by Crippen LogP contribution is 2.38. The molecular formula is C16H11N5O7. The fraction of sp³-hybridized carbons (Fsp3) is 0. The van der Waals surface area contributed by atoms with Crippen LogP contribution in [0.4, 0.5) is 17.1 Å². The van der Waals surface area contributed by atoms with Crippen LogP contribution in [0.25, 0.3) is 11.4 Å². The smallest absolute Gasteiger partial charge is 0.324 e. The quantitative estimate of drug-likeness (QED) is 0.521. The molecule has 0 unspecified atom stereocenters. The Morgan fingerprint density at radius 2 is 1.14 bits per heavy atom. The lowest BCUT2D eigenvalue weighted by Gasteiger charge is -1.97. The number of aromatic hydroxyl groups is 1. The molecule has 0 amide bonds. The SMILES string of the molecule is O=[N+]([O-])c1cc([N+](=O)[O-])c(O)c([N+](=O)[O-])c1.c1ccc(-c2ccccn2)nc1. The fourth-order valence-corrected chi connectivity index (χ4v) is 2.00. The van der Waals surface area contributed by atoms with Crippen molar-refractivity contribution in [1.29, 1.82) is 0 Å². The number of nitrogens with zero attached hydrogens (tertiary/aromatic N) is 5. The van der Waals surface area contributed by atoms with E-state index in [9.17, 15) is 30.3 Å². The Bertz CT molecular complexity index is 940. The van der Waals surface area contributed by atoms with Crippen molar-refractivity contribution in [2.75, 3.05) is 0 Å². The summed E-state index contributed by atoms with van der Waals surface area (Å²) >= 11 is 0. The number of nitro groups is 3. The van der Waals surface area contributed by atoms with E-state index in [-0.39, 0.29) is 0 Å². The summed E-state index contributed by atoms with van der Waals surface area (Å²) in [7, 11) is 0. The first-order valence-electron chi connectivity index (χ1n) is 7.44.